The van der Waals surface area contributed by atoms with Crippen molar-refractivity contribution in [3.8, 4) is 11.5 Å². The number of ether oxygens (including phenoxy) is 2. The second kappa shape index (κ2) is 4.50. The molecule has 1 saturated carbocycles. The number of benzene rings is 1. The van der Waals surface area contributed by atoms with Crippen LogP contribution in [0.4, 0.5) is 0 Å². The van der Waals surface area contributed by atoms with E-state index in [0.717, 1.165) is 34.4 Å². The molecule has 1 aliphatic rings. The maximum Gasteiger partial charge on any atom is 0.133 e. The van der Waals surface area contributed by atoms with Gasteiger partial charge in [0.25, 0.3) is 0 Å². The number of hydrogen-bond acceptors (Lipinski definition) is 3. The van der Waals surface area contributed by atoms with Crippen LogP contribution in [0.5, 0.6) is 11.5 Å². The molecule has 94 valence electrons. The predicted octanol–water partition coefficient (Wildman–Crippen LogP) is 2.85. The zero-order valence-corrected chi connectivity index (χ0v) is 12.0. The summed E-state index contributed by atoms with van der Waals surface area (Å²) in [5.74, 6) is 1.71. The van der Waals surface area contributed by atoms with Gasteiger partial charge in [-0.15, -0.1) is 0 Å². The van der Waals surface area contributed by atoms with Crippen molar-refractivity contribution in [1.29, 1.82) is 0 Å². The van der Waals surface area contributed by atoms with Crippen molar-refractivity contribution in [3.05, 3.63) is 22.2 Å². The van der Waals surface area contributed by atoms with Gasteiger partial charge in [-0.05, 0) is 47.8 Å². The maximum atomic E-state index is 6.11. The predicted molar refractivity (Wildman–Crippen MR) is 71.8 cm³/mol. The van der Waals surface area contributed by atoms with Crippen LogP contribution in [0.3, 0.4) is 0 Å². The first kappa shape index (κ1) is 12.7. The molecule has 0 heterocycles. The second-order valence-electron chi connectivity index (χ2n) is 4.63. The highest BCUT2D eigenvalue weighted by atomic mass is 79.9. The smallest absolute Gasteiger partial charge is 0.133 e. The van der Waals surface area contributed by atoms with E-state index in [1.165, 1.54) is 0 Å². The van der Waals surface area contributed by atoms with Crippen molar-refractivity contribution in [2.24, 2.45) is 5.73 Å². The Bertz CT molecular complexity index is 428. The summed E-state index contributed by atoms with van der Waals surface area (Å²) in [6.45, 7) is 2.06. The Hall–Kier alpha value is -0.740. The maximum absolute atomic E-state index is 6.11. The Morgan fingerprint density at radius 2 is 1.82 bits per heavy atom. The number of halogens is 1. The van der Waals surface area contributed by atoms with Gasteiger partial charge in [0.2, 0.25) is 0 Å². The van der Waals surface area contributed by atoms with Crippen LogP contribution in [0.1, 0.15) is 25.3 Å². The van der Waals surface area contributed by atoms with E-state index in [4.69, 9.17) is 15.2 Å². The van der Waals surface area contributed by atoms with E-state index < -0.39 is 0 Å². The van der Waals surface area contributed by atoms with Crippen LogP contribution in [0.15, 0.2) is 16.6 Å². The summed E-state index contributed by atoms with van der Waals surface area (Å²) in [5.41, 5.74) is 7.34. The highest BCUT2D eigenvalue weighted by Gasteiger charge is 2.49. The summed E-state index contributed by atoms with van der Waals surface area (Å²) in [7, 11) is 3.36. The molecular formula is C13H18BrNO2. The van der Waals surface area contributed by atoms with Gasteiger partial charge in [0, 0.05) is 17.0 Å². The van der Waals surface area contributed by atoms with Crippen molar-refractivity contribution in [2.75, 3.05) is 14.2 Å². The third kappa shape index (κ3) is 2.04. The zero-order valence-electron chi connectivity index (χ0n) is 10.4. The summed E-state index contributed by atoms with van der Waals surface area (Å²) in [6, 6.07) is 4.12. The molecular weight excluding hydrogens is 282 g/mol. The van der Waals surface area contributed by atoms with E-state index in [1.54, 1.807) is 14.2 Å². The molecule has 0 aliphatic heterocycles. The molecule has 4 heteroatoms. The van der Waals surface area contributed by atoms with Gasteiger partial charge >= 0.3 is 0 Å². The number of rotatable bonds is 4. The lowest BCUT2D eigenvalue weighted by atomic mass is 9.88. The van der Waals surface area contributed by atoms with Crippen LogP contribution in [-0.2, 0) is 5.41 Å². The van der Waals surface area contributed by atoms with Crippen molar-refractivity contribution in [2.45, 2.75) is 31.2 Å². The van der Waals surface area contributed by atoms with Gasteiger partial charge in [-0.25, -0.2) is 0 Å². The minimum atomic E-state index is 0.0688. The number of methoxy groups -OCH3 is 2. The Balaban J connectivity index is 2.52. The third-order valence-electron chi connectivity index (χ3n) is 3.67. The molecule has 0 saturated heterocycles. The summed E-state index contributed by atoms with van der Waals surface area (Å²) < 4.78 is 11.7. The SMILES string of the molecule is COc1cc(C2(C(C)N)CC2)c(OC)cc1Br. The van der Waals surface area contributed by atoms with Crippen LogP contribution >= 0.6 is 15.9 Å². The quantitative estimate of drug-likeness (QED) is 0.930. The van der Waals surface area contributed by atoms with Crippen LogP contribution < -0.4 is 15.2 Å². The Morgan fingerprint density at radius 1 is 1.24 bits per heavy atom. The molecule has 1 aromatic rings. The fourth-order valence-electron chi connectivity index (χ4n) is 2.35. The lowest BCUT2D eigenvalue weighted by Gasteiger charge is -2.23. The van der Waals surface area contributed by atoms with Gasteiger partial charge < -0.3 is 15.2 Å². The van der Waals surface area contributed by atoms with E-state index in [0.29, 0.717) is 0 Å². The molecule has 0 radical (unpaired) electrons. The molecule has 0 amide bonds. The summed E-state index contributed by atoms with van der Waals surface area (Å²) in [5, 5.41) is 0. The van der Waals surface area contributed by atoms with E-state index in [9.17, 15) is 0 Å². The third-order valence-corrected chi connectivity index (χ3v) is 4.29. The topological polar surface area (TPSA) is 44.5 Å². The molecule has 2 N–H and O–H groups in total. The van der Waals surface area contributed by atoms with Crippen LogP contribution in [0.25, 0.3) is 0 Å². The molecule has 0 bridgehead atoms. The molecule has 0 spiro atoms. The molecule has 0 aromatic heterocycles. The minimum absolute atomic E-state index is 0.0688. The Labute approximate surface area is 110 Å². The molecule has 2 rings (SSSR count). The largest absolute Gasteiger partial charge is 0.496 e. The van der Waals surface area contributed by atoms with Crippen molar-refractivity contribution in [3.63, 3.8) is 0 Å². The van der Waals surface area contributed by atoms with Gasteiger partial charge in [0.1, 0.15) is 11.5 Å². The van der Waals surface area contributed by atoms with Gasteiger partial charge in [0.05, 0.1) is 18.7 Å². The van der Waals surface area contributed by atoms with Gasteiger partial charge in [-0.1, -0.05) is 0 Å². The highest BCUT2D eigenvalue weighted by molar-refractivity contribution is 9.10. The average molecular weight is 300 g/mol. The average Bonchev–Trinajstić information content (AvgIpc) is 3.09. The lowest BCUT2D eigenvalue weighted by molar-refractivity contribution is 0.387. The Morgan fingerprint density at radius 3 is 2.24 bits per heavy atom. The summed E-state index contributed by atoms with van der Waals surface area (Å²) in [6.07, 6.45) is 2.23. The van der Waals surface area contributed by atoms with Crippen LogP contribution in [0, 0.1) is 0 Å². The van der Waals surface area contributed by atoms with E-state index >= 15 is 0 Å². The van der Waals surface area contributed by atoms with Gasteiger partial charge in [-0.3, -0.25) is 0 Å². The summed E-state index contributed by atoms with van der Waals surface area (Å²) in [4.78, 5) is 0. The van der Waals surface area contributed by atoms with E-state index in [-0.39, 0.29) is 11.5 Å². The molecule has 3 nitrogen and oxygen atoms in total. The standard InChI is InChI=1S/C13H18BrNO2/c1-8(15)13(4-5-13)9-6-12(17-3)10(14)7-11(9)16-2/h6-8H,4-5,15H2,1-3H3. The zero-order chi connectivity index (χ0) is 12.6. The lowest BCUT2D eigenvalue weighted by Crippen LogP contribution is -2.31. The Kier molecular flexibility index (Phi) is 3.36. The monoisotopic (exact) mass is 299 g/mol. The summed E-state index contributed by atoms with van der Waals surface area (Å²) >= 11 is 3.47. The molecule has 1 fully saturated rings. The number of nitrogens with two attached hydrogens (primary N) is 1. The molecule has 1 unspecified atom stereocenters. The first-order valence-corrected chi connectivity index (χ1v) is 6.52. The van der Waals surface area contributed by atoms with Crippen LogP contribution in [-0.4, -0.2) is 20.3 Å². The van der Waals surface area contributed by atoms with Gasteiger partial charge in [-0.2, -0.15) is 0 Å². The van der Waals surface area contributed by atoms with E-state index in [2.05, 4.69) is 22.9 Å². The van der Waals surface area contributed by atoms with Gasteiger partial charge in [0.15, 0.2) is 0 Å². The van der Waals surface area contributed by atoms with E-state index in [1.807, 2.05) is 12.1 Å². The minimum Gasteiger partial charge on any atom is -0.496 e. The second-order valence-corrected chi connectivity index (χ2v) is 5.49. The number of hydrogen-bond donors (Lipinski definition) is 1. The molecule has 1 aliphatic carbocycles. The first-order chi connectivity index (χ1) is 8.05. The molecule has 17 heavy (non-hydrogen) atoms. The van der Waals surface area contributed by atoms with Crippen molar-refractivity contribution < 1.29 is 9.47 Å². The molecule has 1 aromatic carbocycles. The fourth-order valence-corrected chi connectivity index (χ4v) is 2.84. The normalized spacial score (nSPS) is 18.6. The fraction of sp³-hybridized carbons (Fsp3) is 0.538. The molecule has 1 atom stereocenters. The van der Waals surface area contributed by atoms with Crippen molar-refractivity contribution in [1.82, 2.24) is 0 Å². The van der Waals surface area contributed by atoms with Crippen LogP contribution in [0.2, 0.25) is 0 Å². The van der Waals surface area contributed by atoms with Crippen molar-refractivity contribution >= 4 is 15.9 Å². The first-order valence-electron chi connectivity index (χ1n) is 5.72. The highest BCUT2D eigenvalue weighted by Crippen LogP contribution is 2.54.